The molecule has 1 aromatic rings. The van der Waals surface area contributed by atoms with Crippen LogP contribution in [0.5, 0.6) is 11.5 Å². The van der Waals surface area contributed by atoms with Crippen molar-refractivity contribution in [2.45, 2.75) is 32.0 Å². The fraction of sp³-hybridized carbons (Fsp3) is 0.571. The van der Waals surface area contributed by atoms with Crippen molar-refractivity contribution in [2.75, 3.05) is 13.7 Å². The molecule has 0 atom stereocenters. The van der Waals surface area contributed by atoms with Gasteiger partial charge in [-0.2, -0.15) is 0 Å². The number of hydrogen-bond donors (Lipinski definition) is 0. The molecule has 0 fully saturated rings. The first-order chi connectivity index (χ1) is 8.65. The van der Waals surface area contributed by atoms with Crippen molar-refractivity contribution in [3.63, 3.8) is 0 Å². The van der Waals surface area contributed by atoms with Crippen LogP contribution in [0.2, 0.25) is 5.02 Å². The molecule has 0 saturated heterocycles. The summed E-state index contributed by atoms with van der Waals surface area (Å²) in [4.78, 5) is 0. The van der Waals surface area contributed by atoms with Gasteiger partial charge in [0.05, 0.1) is 13.7 Å². The Bertz CT molecular complexity index is 353. The summed E-state index contributed by atoms with van der Waals surface area (Å²) < 4.78 is 11.3. The van der Waals surface area contributed by atoms with Gasteiger partial charge >= 0.3 is 0 Å². The zero-order valence-corrected chi connectivity index (χ0v) is 13.5. The number of ether oxygens (including phenoxy) is 2. The molecule has 0 radical (unpaired) electrons. The topological polar surface area (TPSA) is 18.5 Å². The van der Waals surface area contributed by atoms with E-state index in [1.54, 1.807) is 13.2 Å². The summed E-state index contributed by atoms with van der Waals surface area (Å²) in [5, 5.41) is 1.36. The van der Waals surface area contributed by atoms with Crippen LogP contribution in [-0.4, -0.2) is 13.7 Å². The molecule has 0 heterocycles. The van der Waals surface area contributed by atoms with Crippen LogP contribution in [0.15, 0.2) is 12.1 Å². The standard InChI is InChI=1S/C14H20BrClO2/c1-4-10(5-2)9-18-14-11(8-15)6-12(16)7-13(14)17-3/h6-7,10H,4-5,8-9H2,1-3H3. The summed E-state index contributed by atoms with van der Waals surface area (Å²) in [6.07, 6.45) is 2.24. The second-order valence-electron chi connectivity index (χ2n) is 4.22. The minimum Gasteiger partial charge on any atom is -0.493 e. The zero-order valence-electron chi connectivity index (χ0n) is 11.1. The lowest BCUT2D eigenvalue weighted by Crippen LogP contribution is -2.11. The number of halogens is 2. The Morgan fingerprint density at radius 2 is 1.94 bits per heavy atom. The number of rotatable bonds is 7. The quantitative estimate of drug-likeness (QED) is 0.648. The normalized spacial score (nSPS) is 10.8. The third kappa shape index (κ3) is 4.06. The van der Waals surface area contributed by atoms with Crippen molar-refractivity contribution in [1.82, 2.24) is 0 Å². The van der Waals surface area contributed by atoms with Crippen molar-refractivity contribution in [3.05, 3.63) is 22.7 Å². The van der Waals surface area contributed by atoms with Gasteiger partial charge in [-0.1, -0.05) is 54.2 Å². The predicted octanol–water partition coefficient (Wildman–Crippen LogP) is 5.06. The van der Waals surface area contributed by atoms with Gasteiger partial charge in [-0.05, 0) is 12.0 Å². The molecule has 0 aliphatic rings. The third-order valence-corrected chi connectivity index (χ3v) is 3.90. The Morgan fingerprint density at radius 1 is 1.28 bits per heavy atom. The fourth-order valence-corrected chi connectivity index (χ4v) is 2.41. The first-order valence-electron chi connectivity index (χ1n) is 6.21. The molecule has 0 aliphatic heterocycles. The van der Waals surface area contributed by atoms with Gasteiger partial charge in [0.15, 0.2) is 11.5 Å². The Labute approximate surface area is 123 Å². The lowest BCUT2D eigenvalue weighted by atomic mass is 10.1. The number of methoxy groups -OCH3 is 1. The molecule has 0 N–H and O–H groups in total. The molecule has 0 saturated carbocycles. The number of benzene rings is 1. The lowest BCUT2D eigenvalue weighted by molar-refractivity contribution is 0.229. The van der Waals surface area contributed by atoms with E-state index in [0.29, 0.717) is 28.6 Å². The molecular weight excluding hydrogens is 316 g/mol. The van der Waals surface area contributed by atoms with Crippen LogP contribution in [0.3, 0.4) is 0 Å². The second-order valence-corrected chi connectivity index (χ2v) is 5.22. The Balaban J connectivity index is 2.91. The Morgan fingerprint density at radius 3 is 2.44 bits per heavy atom. The molecule has 0 aromatic heterocycles. The molecule has 2 nitrogen and oxygen atoms in total. The highest BCUT2D eigenvalue weighted by Gasteiger charge is 2.14. The van der Waals surface area contributed by atoms with Gasteiger partial charge in [-0.15, -0.1) is 0 Å². The van der Waals surface area contributed by atoms with Gasteiger partial charge in [0.1, 0.15) is 0 Å². The van der Waals surface area contributed by atoms with Gasteiger partial charge in [0.2, 0.25) is 0 Å². The average molecular weight is 336 g/mol. The van der Waals surface area contributed by atoms with Crippen LogP contribution >= 0.6 is 27.5 Å². The maximum atomic E-state index is 6.04. The van der Waals surface area contributed by atoms with Gasteiger partial charge < -0.3 is 9.47 Å². The predicted molar refractivity (Wildman–Crippen MR) is 80.2 cm³/mol. The van der Waals surface area contributed by atoms with E-state index in [4.69, 9.17) is 21.1 Å². The van der Waals surface area contributed by atoms with E-state index in [1.807, 2.05) is 6.07 Å². The van der Waals surface area contributed by atoms with Crippen LogP contribution < -0.4 is 9.47 Å². The van der Waals surface area contributed by atoms with Crippen molar-refractivity contribution >= 4 is 27.5 Å². The van der Waals surface area contributed by atoms with Gasteiger partial charge in [-0.3, -0.25) is 0 Å². The van der Waals surface area contributed by atoms with Crippen molar-refractivity contribution in [2.24, 2.45) is 5.92 Å². The molecule has 0 aliphatic carbocycles. The maximum Gasteiger partial charge on any atom is 0.165 e. The molecule has 102 valence electrons. The molecule has 0 spiro atoms. The van der Waals surface area contributed by atoms with E-state index in [0.717, 1.165) is 24.2 Å². The molecular formula is C14H20BrClO2. The van der Waals surface area contributed by atoms with Gasteiger partial charge in [0, 0.05) is 22.0 Å². The summed E-state index contributed by atoms with van der Waals surface area (Å²) in [7, 11) is 1.63. The number of alkyl halides is 1. The highest BCUT2D eigenvalue weighted by Crippen LogP contribution is 2.36. The molecule has 0 bridgehead atoms. The second kappa shape index (κ2) is 7.90. The first kappa shape index (κ1) is 15.6. The van der Waals surface area contributed by atoms with Crippen molar-refractivity contribution in [1.29, 1.82) is 0 Å². The summed E-state index contributed by atoms with van der Waals surface area (Å²) in [6.45, 7) is 5.08. The maximum absolute atomic E-state index is 6.04. The van der Waals surface area contributed by atoms with Crippen molar-refractivity contribution < 1.29 is 9.47 Å². The molecule has 1 aromatic carbocycles. The summed E-state index contributed by atoms with van der Waals surface area (Å²) in [5.41, 5.74) is 1.02. The van der Waals surface area contributed by atoms with Gasteiger partial charge in [0.25, 0.3) is 0 Å². The zero-order chi connectivity index (χ0) is 13.5. The average Bonchev–Trinajstić information content (AvgIpc) is 2.40. The molecule has 0 amide bonds. The molecule has 1 rings (SSSR count). The van der Waals surface area contributed by atoms with Crippen LogP contribution in [0.25, 0.3) is 0 Å². The van der Waals surface area contributed by atoms with E-state index >= 15 is 0 Å². The van der Waals surface area contributed by atoms with Crippen LogP contribution in [0, 0.1) is 5.92 Å². The highest BCUT2D eigenvalue weighted by atomic mass is 79.9. The van der Waals surface area contributed by atoms with E-state index in [2.05, 4.69) is 29.8 Å². The van der Waals surface area contributed by atoms with Crippen LogP contribution in [0.4, 0.5) is 0 Å². The summed E-state index contributed by atoms with van der Waals surface area (Å²) in [6, 6.07) is 3.69. The van der Waals surface area contributed by atoms with Gasteiger partial charge in [-0.25, -0.2) is 0 Å². The SMILES string of the molecule is CCC(CC)COc1c(CBr)cc(Cl)cc1OC. The largest absolute Gasteiger partial charge is 0.493 e. The fourth-order valence-electron chi connectivity index (χ4n) is 1.76. The van der Waals surface area contributed by atoms with E-state index in [1.165, 1.54) is 0 Å². The minimum atomic E-state index is 0.577. The monoisotopic (exact) mass is 334 g/mol. The van der Waals surface area contributed by atoms with E-state index in [9.17, 15) is 0 Å². The summed E-state index contributed by atoms with van der Waals surface area (Å²) in [5.74, 6) is 2.07. The van der Waals surface area contributed by atoms with Crippen LogP contribution in [0.1, 0.15) is 32.3 Å². The van der Waals surface area contributed by atoms with E-state index < -0.39 is 0 Å². The number of hydrogen-bond acceptors (Lipinski definition) is 2. The van der Waals surface area contributed by atoms with E-state index in [-0.39, 0.29) is 0 Å². The lowest BCUT2D eigenvalue weighted by Gasteiger charge is -2.18. The Hall–Kier alpha value is -0.410. The molecule has 18 heavy (non-hydrogen) atoms. The van der Waals surface area contributed by atoms with Crippen molar-refractivity contribution in [3.8, 4) is 11.5 Å². The highest BCUT2D eigenvalue weighted by molar-refractivity contribution is 9.08. The van der Waals surface area contributed by atoms with Crippen LogP contribution in [-0.2, 0) is 5.33 Å². The molecule has 4 heteroatoms. The minimum absolute atomic E-state index is 0.577. The molecule has 0 unspecified atom stereocenters. The third-order valence-electron chi connectivity index (χ3n) is 3.08. The first-order valence-corrected chi connectivity index (χ1v) is 7.71. The Kier molecular flexibility index (Phi) is 6.87. The summed E-state index contributed by atoms with van der Waals surface area (Å²) >= 11 is 9.49. The smallest absolute Gasteiger partial charge is 0.165 e.